The summed E-state index contributed by atoms with van der Waals surface area (Å²) in [5, 5.41) is 0. The van der Waals surface area contributed by atoms with Crippen molar-refractivity contribution in [1.82, 2.24) is 0 Å². The van der Waals surface area contributed by atoms with E-state index in [1.54, 1.807) is 0 Å². The van der Waals surface area contributed by atoms with Gasteiger partial charge >= 0.3 is 0 Å². The van der Waals surface area contributed by atoms with Crippen LogP contribution in [0, 0.1) is 16.7 Å². The average molecular weight is 318 g/mol. The first kappa shape index (κ1) is 11.6. The van der Waals surface area contributed by atoms with E-state index in [1.165, 1.54) is 19.3 Å². The number of hydrogen-bond donors (Lipinski definition) is 0. The second-order valence-corrected chi connectivity index (χ2v) is 7.20. The number of carbonyl (C=O) groups excluding carboxylic acids is 1. The molecule has 0 aromatic carbocycles. The van der Waals surface area contributed by atoms with Gasteiger partial charge in [-0.2, -0.15) is 0 Å². The van der Waals surface area contributed by atoms with Crippen LogP contribution in [0.4, 0.5) is 0 Å². The van der Waals surface area contributed by atoms with Crippen LogP contribution in [0.2, 0.25) is 0 Å². The fraction of sp³-hybridized carbons (Fsp3) is 0.769. The smallest absolute Gasteiger partial charge is 0.168 e. The molecule has 0 amide bonds. The van der Waals surface area contributed by atoms with E-state index in [0.717, 1.165) is 0 Å². The average Bonchev–Trinajstić information content (AvgIpc) is 2.12. The van der Waals surface area contributed by atoms with Crippen molar-refractivity contribution in [2.45, 2.75) is 44.0 Å². The Morgan fingerprint density at radius 2 is 2.00 bits per heavy atom. The summed E-state index contributed by atoms with van der Waals surface area (Å²) in [6, 6.07) is 0. The Bertz CT molecular complexity index is 318. The lowest BCUT2D eigenvalue weighted by Gasteiger charge is -2.53. The standard InChI is InChI=1S/C13H19IO/c1-12(2)7-4-8-13(3)10(12)6-5-9(15)11(13)14/h5-6,10-11H,4,7-8H2,1-3H3/t10-,11+,13-/m0/s1. The second kappa shape index (κ2) is 3.57. The number of allylic oxidation sites excluding steroid dienone is 2. The quantitative estimate of drug-likeness (QED) is 0.491. The molecule has 0 heterocycles. The van der Waals surface area contributed by atoms with Crippen molar-refractivity contribution >= 4 is 28.4 Å². The molecule has 2 aliphatic rings. The lowest BCUT2D eigenvalue weighted by molar-refractivity contribution is -0.118. The highest BCUT2D eigenvalue weighted by molar-refractivity contribution is 14.1. The van der Waals surface area contributed by atoms with Crippen LogP contribution in [0.3, 0.4) is 0 Å². The van der Waals surface area contributed by atoms with Gasteiger partial charge in [0.05, 0.1) is 3.92 Å². The van der Waals surface area contributed by atoms with Crippen LogP contribution in [0.15, 0.2) is 12.2 Å². The monoisotopic (exact) mass is 318 g/mol. The van der Waals surface area contributed by atoms with Crippen molar-refractivity contribution in [2.75, 3.05) is 0 Å². The Hall–Kier alpha value is 0.140. The van der Waals surface area contributed by atoms with Gasteiger partial charge in [0.25, 0.3) is 0 Å². The molecule has 2 rings (SSSR count). The molecule has 84 valence electrons. The van der Waals surface area contributed by atoms with Gasteiger partial charge < -0.3 is 0 Å². The van der Waals surface area contributed by atoms with Gasteiger partial charge in [-0.3, -0.25) is 4.79 Å². The predicted octanol–water partition coefficient (Wildman–Crippen LogP) is 3.76. The summed E-state index contributed by atoms with van der Waals surface area (Å²) in [5.74, 6) is 0.880. The summed E-state index contributed by atoms with van der Waals surface area (Å²) in [6.45, 7) is 6.99. The Balaban J connectivity index is 2.43. The molecule has 1 saturated carbocycles. The van der Waals surface area contributed by atoms with E-state index in [9.17, 15) is 4.79 Å². The van der Waals surface area contributed by atoms with Gasteiger partial charge in [-0.05, 0) is 35.7 Å². The van der Waals surface area contributed by atoms with Gasteiger partial charge in [0.2, 0.25) is 0 Å². The van der Waals surface area contributed by atoms with Crippen molar-refractivity contribution in [3.8, 4) is 0 Å². The van der Waals surface area contributed by atoms with Crippen LogP contribution in [0.25, 0.3) is 0 Å². The van der Waals surface area contributed by atoms with Crippen molar-refractivity contribution in [2.24, 2.45) is 16.7 Å². The van der Waals surface area contributed by atoms with Crippen molar-refractivity contribution in [1.29, 1.82) is 0 Å². The molecule has 0 N–H and O–H groups in total. The largest absolute Gasteiger partial charge is 0.294 e. The molecule has 2 heteroatoms. The summed E-state index contributed by atoms with van der Waals surface area (Å²) >= 11 is 2.35. The van der Waals surface area contributed by atoms with E-state index < -0.39 is 0 Å². The molecule has 0 bridgehead atoms. The number of rotatable bonds is 0. The number of alkyl halides is 1. The van der Waals surface area contributed by atoms with Gasteiger partial charge in [-0.1, -0.05) is 55.9 Å². The van der Waals surface area contributed by atoms with Gasteiger partial charge in [-0.25, -0.2) is 0 Å². The zero-order valence-corrected chi connectivity index (χ0v) is 11.9. The molecule has 0 aromatic rings. The third-order valence-electron chi connectivity index (χ3n) is 4.37. The normalized spacial score (nSPS) is 43.9. The molecule has 0 saturated heterocycles. The number of halogens is 1. The Morgan fingerprint density at radius 1 is 1.33 bits per heavy atom. The van der Waals surface area contributed by atoms with E-state index in [2.05, 4.69) is 49.4 Å². The maximum Gasteiger partial charge on any atom is 0.168 e. The molecule has 1 fully saturated rings. The number of carbonyl (C=O) groups is 1. The molecule has 3 atom stereocenters. The minimum absolute atomic E-state index is 0.171. The molecule has 1 nitrogen and oxygen atoms in total. The first-order valence-corrected chi connectivity index (χ1v) is 6.99. The van der Waals surface area contributed by atoms with E-state index in [1.807, 2.05) is 6.08 Å². The van der Waals surface area contributed by atoms with Crippen molar-refractivity contribution < 1.29 is 4.79 Å². The highest BCUT2D eigenvalue weighted by atomic mass is 127. The zero-order valence-electron chi connectivity index (χ0n) is 9.72. The van der Waals surface area contributed by atoms with Crippen LogP contribution in [-0.2, 0) is 4.79 Å². The Kier molecular flexibility index (Phi) is 2.77. The highest BCUT2D eigenvalue weighted by Gasteiger charge is 2.51. The minimum atomic E-state index is 0.171. The molecule has 2 aliphatic carbocycles. The molecule has 15 heavy (non-hydrogen) atoms. The van der Waals surface area contributed by atoms with Gasteiger partial charge in [0.1, 0.15) is 0 Å². The Morgan fingerprint density at radius 3 is 2.67 bits per heavy atom. The molecule has 0 unspecified atom stereocenters. The topological polar surface area (TPSA) is 17.1 Å². The van der Waals surface area contributed by atoms with E-state index in [4.69, 9.17) is 0 Å². The van der Waals surface area contributed by atoms with E-state index in [0.29, 0.717) is 17.1 Å². The molecule has 0 aliphatic heterocycles. The summed E-state index contributed by atoms with van der Waals surface area (Å²) < 4.78 is 0.171. The van der Waals surface area contributed by atoms with Crippen LogP contribution in [0.5, 0.6) is 0 Å². The van der Waals surface area contributed by atoms with Crippen LogP contribution in [-0.4, -0.2) is 9.71 Å². The van der Waals surface area contributed by atoms with Gasteiger partial charge in [0, 0.05) is 0 Å². The lowest BCUT2D eigenvalue weighted by atomic mass is 9.53. The van der Waals surface area contributed by atoms with Crippen LogP contribution < -0.4 is 0 Å². The summed E-state index contributed by atoms with van der Waals surface area (Å²) in [7, 11) is 0. The van der Waals surface area contributed by atoms with Crippen LogP contribution in [0.1, 0.15) is 40.0 Å². The van der Waals surface area contributed by atoms with Gasteiger partial charge in [-0.15, -0.1) is 0 Å². The lowest BCUT2D eigenvalue weighted by Crippen LogP contribution is -2.50. The molecule has 0 spiro atoms. The SMILES string of the molecule is CC1(C)CCC[C@]2(C)[C@H](I)C(=O)C=C[C@@H]12. The molecular formula is C13H19IO. The number of hydrogen-bond acceptors (Lipinski definition) is 1. The molecular weight excluding hydrogens is 299 g/mol. The Labute approximate surface area is 106 Å². The molecule has 0 aromatic heterocycles. The first-order chi connectivity index (χ1) is 6.88. The van der Waals surface area contributed by atoms with Crippen molar-refractivity contribution in [3.05, 3.63) is 12.2 Å². The molecule has 0 radical (unpaired) electrons. The summed E-state index contributed by atoms with van der Waals surface area (Å²) in [4.78, 5) is 11.8. The fourth-order valence-corrected chi connectivity index (χ4v) is 4.40. The minimum Gasteiger partial charge on any atom is -0.294 e. The van der Waals surface area contributed by atoms with E-state index >= 15 is 0 Å². The van der Waals surface area contributed by atoms with Crippen LogP contribution >= 0.6 is 22.6 Å². The zero-order chi connectivity index (χ0) is 11.3. The second-order valence-electron chi connectivity index (χ2n) is 5.95. The number of fused-ring (bicyclic) bond motifs is 1. The number of ketones is 1. The highest BCUT2D eigenvalue weighted by Crippen LogP contribution is 2.56. The maximum absolute atomic E-state index is 11.8. The van der Waals surface area contributed by atoms with Crippen molar-refractivity contribution in [3.63, 3.8) is 0 Å². The third-order valence-corrected chi connectivity index (χ3v) is 6.41. The first-order valence-electron chi connectivity index (χ1n) is 5.74. The van der Waals surface area contributed by atoms with Gasteiger partial charge in [0.15, 0.2) is 5.78 Å². The maximum atomic E-state index is 11.8. The summed E-state index contributed by atoms with van der Waals surface area (Å²) in [5.41, 5.74) is 0.543. The third kappa shape index (κ3) is 1.69. The fourth-order valence-electron chi connectivity index (χ4n) is 3.49. The predicted molar refractivity (Wildman–Crippen MR) is 71.2 cm³/mol. The van der Waals surface area contributed by atoms with E-state index in [-0.39, 0.29) is 9.34 Å². The summed E-state index contributed by atoms with van der Waals surface area (Å²) in [6.07, 6.45) is 7.74.